The molecule has 0 fully saturated rings. The molecule has 2 aromatic rings. The highest BCUT2D eigenvalue weighted by Gasteiger charge is 2.34. The first-order valence-electron chi connectivity index (χ1n) is 10.8. The fourth-order valence-electron chi connectivity index (χ4n) is 2.97. The van der Waals surface area contributed by atoms with E-state index in [1.54, 1.807) is 29.2 Å². The second-order valence-electron chi connectivity index (χ2n) is 8.17. The molecule has 1 aromatic carbocycles. The summed E-state index contributed by atoms with van der Waals surface area (Å²) >= 11 is 0. The van der Waals surface area contributed by atoms with Gasteiger partial charge in [-0.25, -0.2) is 13.9 Å². The fourth-order valence-corrected chi connectivity index (χ4v) is 3.46. The minimum atomic E-state index is -3.96. The number of aryl methyl sites for hydroxylation is 2. The van der Waals surface area contributed by atoms with Crippen molar-refractivity contribution in [1.82, 2.24) is 9.88 Å². The van der Waals surface area contributed by atoms with E-state index < -0.39 is 34.2 Å². The van der Waals surface area contributed by atoms with Crippen molar-refractivity contribution >= 4 is 22.2 Å². The van der Waals surface area contributed by atoms with Gasteiger partial charge in [0.2, 0.25) is 12.2 Å². The summed E-state index contributed by atoms with van der Waals surface area (Å²) in [5, 5.41) is 12.4. The van der Waals surface area contributed by atoms with E-state index in [0.29, 0.717) is 32.5 Å². The van der Waals surface area contributed by atoms with Gasteiger partial charge in [-0.05, 0) is 12.5 Å². The third kappa shape index (κ3) is 9.89. The molecule has 0 aliphatic rings. The van der Waals surface area contributed by atoms with Gasteiger partial charge in [0.25, 0.3) is 10.1 Å². The number of carbonyl (C=O) groups excluding carboxylic acids is 2. The molecule has 2 rings (SSSR count). The SMILES string of the molecule is CC(CO)(COC(=O)OCc1ccccc1)C(=O)NCCCn1cc[n+](CCCS(=O)(=O)O)c1. The van der Waals surface area contributed by atoms with Crippen molar-refractivity contribution in [3.8, 4) is 0 Å². The second kappa shape index (κ2) is 13.1. The molecule has 1 amide bonds. The number of nitrogens with one attached hydrogen (secondary N) is 1. The molecule has 0 saturated carbocycles. The number of carbonyl (C=O) groups is 2. The standard InChI is InChI=1S/C22H31N3O8S/c1-22(16-26,17-33-21(28)32-15-19-7-3-2-4-8-19)20(27)23-9-5-10-24-12-13-25(18-24)11-6-14-34(29,30)31/h2-4,7-8,12-13,18,26H,5-6,9-11,14-17H2,1H3,(H-,23,27,29,30,31)/p+1. The Morgan fingerprint density at radius 3 is 2.59 bits per heavy atom. The monoisotopic (exact) mass is 498 g/mol. The molecular weight excluding hydrogens is 466 g/mol. The van der Waals surface area contributed by atoms with Crippen LogP contribution in [0.1, 0.15) is 25.3 Å². The van der Waals surface area contributed by atoms with Crippen LogP contribution in [0, 0.1) is 5.41 Å². The molecule has 0 bridgehead atoms. The van der Waals surface area contributed by atoms with E-state index in [2.05, 4.69) is 5.32 Å². The van der Waals surface area contributed by atoms with Gasteiger partial charge in [-0.1, -0.05) is 30.3 Å². The van der Waals surface area contributed by atoms with Crippen molar-refractivity contribution in [2.24, 2.45) is 5.41 Å². The highest BCUT2D eigenvalue weighted by atomic mass is 32.2. The van der Waals surface area contributed by atoms with Crippen LogP contribution in [0.4, 0.5) is 4.79 Å². The normalized spacial score (nSPS) is 13.1. The van der Waals surface area contributed by atoms with Gasteiger partial charge < -0.3 is 19.9 Å². The predicted octanol–water partition coefficient (Wildman–Crippen LogP) is 0.912. The Bertz CT molecular complexity index is 1030. The highest BCUT2D eigenvalue weighted by molar-refractivity contribution is 7.85. The smallest absolute Gasteiger partial charge is 0.433 e. The van der Waals surface area contributed by atoms with Gasteiger partial charge in [-0.2, -0.15) is 8.42 Å². The number of benzene rings is 1. The van der Waals surface area contributed by atoms with Crippen molar-refractivity contribution in [1.29, 1.82) is 0 Å². The second-order valence-corrected chi connectivity index (χ2v) is 9.74. The number of rotatable bonds is 14. The van der Waals surface area contributed by atoms with Crippen LogP contribution in [-0.4, -0.2) is 60.2 Å². The summed E-state index contributed by atoms with van der Waals surface area (Å²) in [6, 6.07) is 9.09. The first-order valence-corrected chi connectivity index (χ1v) is 12.4. The third-order valence-corrected chi connectivity index (χ3v) is 5.85. The summed E-state index contributed by atoms with van der Waals surface area (Å²) in [7, 11) is -3.96. The van der Waals surface area contributed by atoms with Crippen molar-refractivity contribution in [2.75, 3.05) is 25.5 Å². The molecule has 0 radical (unpaired) electrons. The molecule has 1 unspecified atom stereocenters. The zero-order valence-corrected chi connectivity index (χ0v) is 19.9. The van der Waals surface area contributed by atoms with Gasteiger partial charge in [-0.15, -0.1) is 0 Å². The van der Waals surface area contributed by atoms with Crippen molar-refractivity contribution in [3.05, 3.63) is 54.6 Å². The first-order chi connectivity index (χ1) is 16.1. The topological polar surface area (TPSA) is 148 Å². The van der Waals surface area contributed by atoms with Crippen LogP contribution in [0.5, 0.6) is 0 Å². The summed E-state index contributed by atoms with van der Waals surface area (Å²) in [5.74, 6) is -0.742. The Labute approximate surface area is 199 Å². The third-order valence-electron chi connectivity index (χ3n) is 5.05. The number of aliphatic hydroxyl groups excluding tert-OH is 1. The Kier molecular flexibility index (Phi) is 10.5. The molecule has 3 N–H and O–H groups in total. The van der Waals surface area contributed by atoms with Crippen LogP contribution in [0.3, 0.4) is 0 Å². The number of aliphatic hydroxyl groups is 1. The number of hydrogen-bond donors (Lipinski definition) is 3. The number of hydrogen-bond acceptors (Lipinski definition) is 7. The Balaban J connectivity index is 1.68. The average molecular weight is 499 g/mol. The number of ether oxygens (including phenoxy) is 2. The molecule has 1 heterocycles. The summed E-state index contributed by atoms with van der Waals surface area (Å²) in [5.41, 5.74) is -0.511. The fraction of sp³-hybridized carbons (Fsp3) is 0.500. The minimum absolute atomic E-state index is 0.0433. The molecule has 188 valence electrons. The number of aromatic nitrogens is 2. The molecule has 12 heteroatoms. The summed E-state index contributed by atoms with van der Waals surface area (Å²) in [6.45, 7) is 2.09. The zero-order chi connectivity index (χ0) is 25.0. The molecule has 0 spiro atoms. The molecule has 1 atom stereocenters. The Hall–Kier alpha value is -2.96. The van der Waals surface area contributed by atoms with Gasteiger partial charge in [0.05, 0.1) is 25.4 Å². The lowest BCUT2D eigenvalue weighted by Crippen LogP contribution is -2.45. The van der Waals surface area contributed by atoms with Crippen LogP contribution >= 0.6 is 0 Å². The molecule has 1 aromatic heterocycles. The maximum absolute atomic E-state index is 12.5. The van der Waals surface area contributed by atoms with Gasteiger partial charge in [0, 0.05) is 19.4 Å². The number of amides is 1. The number of imidazole rings is 1. The molecular formula is C22H32N3O8S+. The van der Waals surface area contributed by atoms with Crippen LogP contribution in [0.25, 0.3) is 0 Å². The minimum Gasteiger partial charge on any atom is -0.433 e. The van der Waals surface area contributed by atoms with Crippen LogP contribution in [0.15, 0.2) is 49.1 Å². The Morgan fingerprint density at radius 2 is 1.91 bits per heavy atom. The van der Waals surface area contributed by atoms with Crippen molar-refractivity contribution in [3.63, 3.8) is 0 Å². The largest absolute Gasteiger partial charge is 0.508 e. The highest BCUT2D eigenvalue weighted by Crippen LogP contribution is 2.17. The van der Waals surface area contributed by atoms with E-state index in [0.717, 1.165) is 5.56 Å². The van der Waals surface area contributed by atoms with E-state index in [4.69, 9.17) is 14.0 Å². The summed E-state index contributed by atoms with van der Waals surface area (Å²) < 4.78 is 44.0. The maximum atomic E-state index is 12.5. The number of nitrogens with zero attached hydrogens (tertiary/aromatic N) is 2. The van der Waals surface area contributed by atoms with E-state index >= 15 is 0 Å². The van der Waals surface area contributed by atoms with E-state index in [-0.39, 0.29) is 19.0 Å². The van der Waals surface area contributed by atoms with E-state index in [9.17, 15) is 23.1 Å². The van der Waals surface area contributed by atoms with Crippen LogP contribution < -0.4 is 9.88 Å². The summed E-state index contributed by atoms with van der Waals surface area (Å²) in [4.78, 5) is 24.3. The zero-order valence-electron chi connectivity index (χ0n) is 19.1. The lowest BCUT2D eigenvalue weighted by molar-refractivity contribution is -0.696. The first kappa shape index (κ1) is 27.3. The van der Waals surface area contributed by atoms with Gasteiger partial charge in [-0.3, -0.25) is 9.35 Å². The molecule has 0 saturated heterocycles. The predicted molar refractivity (Wildman–Crippen MR) is 121 cm³/mol. The lowest BCUT2D eigenvalue weighted by Gasteiger charge is -2.25. The Morgan fingerprint density at radius 1 is 1.18 bits per heavy atom. The quantitative estimate of drug-likeness (QED) is 0.151. The summed E-state index contributed by atoms with van der Waals surface area (Å²) in [6.07, 6.45) is 5.40. The molecule has 11 nitrogen and oxygen atoms in total. The molecule has 0 aliphatic heterocycles. The van der Waals surface area contributed by atoms with Crippen molar-refractivity contribution < 1.29 is 41.7 Å². The lowest BCUT2D eigenvalue weighted by atomic mass is 9.92. The van der Waals surface area contributed by atoms with Gasteiger partial charge in [0.1, 0.15) is 31.0 Å². The van der Waals surface area contributed by atoms with Gasteiger partial charge >= 0.3 is 6.16 Å². The average Bonchev–Trinajstić information content (AvgIpc) is 3.26. The van der Waals surface area contributed by atoms with E-state index in [1.807, 2.05) is 29.0 Å². The van der Waals surface area contributed by atoms with E-state index in [1.165, 1.54) is 6.92 Å². The van der Waals surface area contributed by atoms with Crippen LogP contribution in [-0.2, 0) is 44.1 Å². The maximum Gasteiger partial charge on any atom is 0.508 e. The van der Waals surface area contributed by atoms with Crippen molar-refractivity contribution in [2.45, 2.75) is 39.5 Å². The van der Waals surface area contributed by atoms with Crippen LogP contribution in [0.2, 0.25) is 0 Å². The molecule has 0 aliphatic carbocycles. The van der Waals surface area contributed by atoms with Gasteiger partial charge in [0.15, 0.2) is 0 Å². The molecule has 34 heavy (non-hydrogen) atoms.